The lowest BCUT2D eigenvalue weighted by Gasteiger charge is -2.05. The molecule has 1 heterocycles. The molecule has 0 atom stereocenters. The Hall–Kier alpha value is -2.48. The summed E-state index contributed by atoms with van der Waals surface area (Å²) >= 11 is 0. The Bertz CT molecular complexity index is 528. The van der Waals surface area contributed by atoms with Crippen molar-refractivity contribution in [3.05, 3.63) is 35.9 Å². The van der Waals surface area contributed by atoms with Crippen molar-refractivity contribution in [1.29, 1.82) is 5.26 Å². The average molecular weight is 227 g/mol. The SMILES string of the molecule is N#CCC(=O)N1N=C(c2ccccc2)CC1=O. The van der Waals surface area contributed by atoms with Crippen LogP contribution in [0, 0.1) is 11.3 Å². The third kappa shape index (κ3) is 2.21. The first kappa shape index (κ1) is 11.0. The molecule has 0 saturated carbocycles. The highest BCUT2D eigenvalue weighted by Gasteiger charge is 2.29. The quantitative estimate of drug-likeness (QED) is 0.758. The predicted octanol–water partition coefficient (Wildman–Crippen LogP) is 1.06. The Kier molecular flexibility index (Phi) is 2.97. The molecule has 5 nitrogen and oxygen atoms in total. The van der Waals surface area contributed by atoms with E-state index in [-0.39, 0.29) is 18.7 Å². The summed E-state index contributed by atoms with van der Waals surface area (Å²) in [7, 11) is 0. The van der Waals surface area contributed by atoms with Gasteiger partial charge in [0.05, 0.1) is 18.2 Å². The van der Waals surface area contributed by atoms with Crippen LogP contribution in [0.2, 0.25) is 0 Å². The summed E-state index contributed by atoms with van der Waals surface area (Å²) in [5.41, 5.74) is 1.37. The van der Waals surface area contributed by atoms with Gasteiger partial charge >= 0.3 is 0 Å². The zero-order valence-electron chi connectivity index (χ0n) is 8.96. The predicted molar refractivity (Wildman–Crippen MR) is 59.7 cm³/mol. The highest BCUT2D eigenvalue weighted by Crippen LogP contribution is 2.15. The van der Waals surface area contributed by atoms with Crippen LogP contribution in [0.4, 0.5) is 0 Å². The highest BCUT2D eigenvalue weighted by atomic mass is 16.2. The van der Waals surface area contributed by atoms with E-state index in [2.05, 4.69) is 5.10 Å². The lowest BCUT2D eigenvalue weighted by atomic mass is 10.1. The number of benzene rings is 1. The molecule has 0 aliphatic carbocycles. The molecule has 0 saturated heterocycles. The van der Waals surface area contributed by atoms with Crippen molar-refractivity contribution in [2.75, 3.05) is 0 Å². The first-order chi connectivity index (χ1) is 8.22. The summed E-state index contributed by atoms with van der Waals surface area (Å²) in [6.45, 7) is 0. The minimum atomic E-state index is -0.580. The number of carbonyl (C=O) groups is 2. The molecule has 0 aromatic heterocycles. The molecule has 0 N–H and O–H groups in total. The van der Waals surface area contributed by atoms with Crippen LogP contribution in [-0.2, 0) is 9.59 Å². The van der Waals surface area contributed by atoms with Gasteiger partial charge in [-0.2, -0.15) is 15.4 Å². The van der Waals surface area contributed by atoms with E-state index in [1.807, 2.05) is 30.3 Å². The first-order valence-corrected chi connectivity index (χ1v) is 5.08. The van der Waals surface area contributed by atoms with Crippen LogP contribution in [0.5, 0.6) is 0 Å². The van der Waals surface area contributed by atoms with Gasteiger partial charge in [-0.15, -0.1) is 0 Å². The number of hydrogen-bond acceptors (Lipinski definition) is 4. The fourth-order valence-electron chi connectivity index (χ4n) is 1.56. The van der Waals surface area contributed by atoms with Crippen LogP contribution in [0.15, 0.2) is 35.4 Å². The van der Waals surface area contributed by atoms with Gasteiger partial charge in [0.25, 0.3) is 11.8 Å². The minimum Gasteiger partial charge on any atom is -0.272 e. The monoisotopic (exact) mass is 227 g/mol. The summed E-state index contributed by atoms with van der Waals surface area (Å²) in [5, 5.41) is 13.1. The molecular weight excluding hydrogens is 218 g/mol. The molecule has 2 rings (SSSR count). The van der Waals surface area contributed by atoms with E-state index < -0.39 is 5.91 Å². The van der Waals surface area contributed by atoms with Crippen LogP contribution in [0.3, 0.4) is 0 Å². The summed E-state index contributed by atoms with van der Waals surface area (Å²) in [6, 6.07) is 10.9. The minimum absolute atomic E-state index is 0.0984. The number of hydrogen-bond donors (Lipinski definition) is 0. The molecule has 0 spiro atoms. The first-order valence-electron chi connectivity index (χ1n) is 5.08. The standard InChI is InChI=1S/C12H9N3O2/c13-7-6-11(16)15-12(17)8-10(14-15)9-4-2-1-3-5-9/h1-5H,6,8H2. The Morgan fingerprint density at radius 3 is 2.76 bits per heavy atom. The third-order valence-corrected chi connectivity index (χ3v) is 2.35. The lowest BCUT2D eigenvalue weighted by Crippen LogP contribution is -2.27. The highest BCUT2D eigenvalue weighted by molar-refractivity contribution is 6.17. The summed E-state index contributed by atoms with van der Waals surface area (Å²) in [5.74, 6) is -0.965. The van der Waals surface area contributed by atoms with E-state index in [0.29, 0.717) is 5.71 Å². The van der Waals surface area contributed by atoms with Gasteiger partial charge in [0.15, 0.2) is 0 Å². The number of hydrazone groups is 1. The second-order valence-electron chi connectivity index (χ2n) is 3.52. The fourth-order valence-corrected chi connectivity index (χ4v) is 1.56. The van der Waals surface area contributed by atoms with Gasteiger partial charge in [0, 0.05) is 0 Å². The molecule has 1 aromatic carbocycles. The second-order valence-corrected chi connectivity index (χ2v) is 3.52. The molecule has 0 unspecified atom stereocenters. The Labute approximate surface area is 98.0 Å². The van der Waals surface area contributed by atoms with Crippen LogP contribution >= 0.6 is 0 Å². The second kappa shape index (κ2) is 4.58. The van der Waals surface area contributed by atoms with Crippen molar-refractivity contribution >= 4 is 17.5 Å². The Morgan fingerprint density at radius 1 is 1.41 bits per heavy atom. The van der Waals surface area contributed by atoms with E-state index in [9.17, 15) is 9.59 Å². The van der Waals surface area contributed by atoms with E-state index >= 15 is 0 Å². The van der Waals surface area contributed by atoms with Crippen molar-refractivity contribution in [1.82, 2.24) is 5.01 Å². The van der Waals surface area contributed by atoms with Gasteiger partial charge in [-0.3, -0.25) is 9.59 Å². The smallest absolute Gasteiger partial charge is 0.264 e. The molecule has 2 amide bonds. The lowest BCUT2D eigenvalue weighted by molar-refractivity contribution is -0.142. The zero-order valence-corrected chi connectivity index (χ0v) is 8.96. The fraction of sp³-hybridized carbons (Fsp3) is 0.167. The van der Waals surface area contributed by atoms with Crippen LogP contribution < -0.4 is 0 Å². The molecular formula is C12H9N3O2. The molecule has 17 heavy (non-hydrogen) atoms. The Morgan fingerprint density at radius 2 is 2.12 bits per heavy atom. The van der Waals surface area contributed by atoms with E-state index in [4.69, 9.17) is 5.26 Å². The van der Waals surface area contributed by atoms with Crippen molar-refractivity contribution in [3.63, 3.8) is 0 Å². The topological polar surface area (TPSA) is 73.5 Å². The largest absolute Gasteiger partial charge is 0.272 e. The molecule has 1 aliphatic rings. The molecule has 0 fully saturated rings. The maximum absolute atomic E-state index is 11.6. The number of amides is 2. The maximum Gasteiger partial charge on any atom is 0.264 e. The van der Waals surface area contributed by atoms with Crippen molar-refractivity contribution in [2.45, 2.75) is 12.8 Å². The van der Waals surface area contributed by atoms with Gasteiger partial charge in [-0.25, -0.2) is 0 Å². The van der Waals surface area contributed by atoms with Gasteiger partial charge in [-0.05, 0) is 5.56 Å². The van der Waals surface area contributed by atoms with E-state index in [1.54, 1.807) is 6.07 Å². The summed E-state index contributed by atoms with van der Waals surface area (Å²) in [6.07, 6.45) is -0.238. The van der Waals surface area contributed by atoms with Gasteiger partial charge in [0.2, 0.25) is 0 Å². The molecule has 1 aromatic rings. The third-order valence-electron chi connectivity index (χ3n) is 2.35. The molecule has 5 heteroatoms. The number of imide groups is 1. The van der Waals surface area contributed by atoms with Gasteiger partial charge in [-0.1, -0.05) is 30.3 Å². The van der Waals surface area contributed by atoms with Gasteiger partial charge in [0.1, 0.15) is 6.42 Å². The van der Waals surface area contributed by atoms with Crippen molar-refractivity contribution < 1.29 is 9.59 Å². The summed E-state index contributed by atoms with van der Waals surface area (Å²) < 4.78 is 0. The summed E-state index contributed by atoms with van der Waals surface area (Å²) in [4.78, 5) is 23.0. The van der Waals surface area contributed by atoms with Crippen LogP contribution in [0.25, 0.3) is 0 Å². The number of carbonyl (C=O) groups excluding carboxylic acids is 2. The zero-order chi connectivity index (χ0) is 12.3. The normalized spacial score (nSPS) is 14.4. The average Bonchev–Trinajstić information content (AvgIpc) is 2.73. The Balaban J connectivity index is 2.24. The maximum atomic E-state index is 11.6. The number of rotatable bonds is 2. The van der Waals surface area contributed by atoms with Crippen LogP contribution in [-0.4, -0.2) is 22.5 Å². The van der Waals surface area contributed by atoms with Crippen LogP contribution in [0.1, 0.15) is 18.4 Å². The van der Waals surface area contributed by atoms with Gasteiger partial charge < -0.3 is 0 Å². The number of nitrogens with zero attached hydrogens (tertiary/aromatic N) is 3. The molecule has 0 bridgehead atoms. The molecule has 0 radical (unpaired) electrons. The van der Waals surface area contributed by atoms with E-state index in [0.717, 1.165) is 10.6 Å². The van der Waals surface area contributed by atoms with E-state index in [1.165, 1.54) is 0 Å². The molecule has 84 valence electrons. The van der Waals surface area contributed by atoms with Crippen molar-refractivity contribution in [3.8, 4) is 6.07 Å². The number of nitriles is 1. The van der Waals surface area contributed by atoms with Crippen molar-refractivity contribution in [2.24, 2.45) is 5.10 Å². The molecule has 1 aliphatic heterocycles.